The Balaban J connectivity index is 2.21. The summed E-state index contributed by atoms with van der Waals surface area (Å²) >= 11 is 0. The second-order valence-corrected chi connectivity index (χ2v) is 4.10. The number of anilines is 1. The van der Waals surface area contributed by atoms with Crippen molar-refractivity contribution in [2.24, 2.45) is 5.73 Å². The molecule has 0 unspecified atom stereocenters. The summed E-state index contributed by atoms with van der Waals surface area (Å²) in [5.41, 5.74) is 7.25. The van der Waals surface area contributed by atoms with Crippen LogP contribution in [0.3, 0.4) is 0 Å². The Kier molecular flexibility index (Phi) is 3.10. The minimum absolute atomic E-state index is 0.0486. The third-order valence-electron chi connectivity index (χ3n) is 2.88. The van der Waals surface area contributed by atoms with Gasteiger partial charge in [0.15, 0.2) is 0 Å². The molecule has 0 atom stereocenters. The van der Waals surface area contributed by atoms with Crippen LogP contribution in [-0.2, 0) is 16.1 Å². The van der Waals surface area contributed by atoms with Crippen LogP contribution >= 0.6 is 0 Å². The van der Waals surface area contributed by atoms with Crippen LogP contribution in [0.15, 0.2) is 24.3 Å². The molecule has 1 heterocycles. The Labute approximate surface area is 99.8 Å². The molecule has 5 nitrogen and oxygen atoms in total. The number of amides is 2. The first-order valence-corrected chi connectivity index (χ1v) is 5.45. The molecule has 1 aliphatic rings. The van der Waals surface area contributed by atoms with Crippen molar-refractivity contribution in [3.63, 3.8) is 0 Å². The second-order valence-electron chi connectivity index (χ2n) is 4.10. The second kappa shape index (κ2) is 4.55. The SMILES string of the molecule is CN1CC(=O)N(c2ccc(CN)cc2)CC1=O. The Morgan fingerprint density at radius 1 is 1.12 bits per heavy atom. The first-order chi connectivity index (χ1) is 8.11. The first kappa shape index (κ1) is 11.6. The molecule has 5 heteroatoms. The maximum atomic E-state index is 11.8. The van der Waals surface area contributed by atoms with Crippen LogP contribution in [0, 0.1) is 0 Å². The number of carbonyl (C=O) groups excluding carboxylic acids is 2. The number of benzene rings is 1. The molecule has 2 amide bonds. The van der Waals surface area contributed by atoms with Gasteiger partial charge in [0.25, 0.3) is 0 Å². The number of hydrogen-bond donors (Lipinski definition) is 1. The minimum Gasteiger partial charge on any atom is -0.335 e. The fourth-order valence-electron chi connectivity index (χ4n) is 1.77. The van der Waals surface area contributed by atoms with Crippen LogP contribution in [-0.4, -0.2) is 36.9 Å². The molecule has 90 valence electrons. The van der Waals surface area contributed by atoms with Crippen LogP contribution in [0.25, 0.3) is 0 Å². The average Bonchev–Trinajstić information content (AvgIpc) is 2.34. The summed E-state index contributed by atoms with van der Waals surface area (Å²) in [4.78, 5) is 26.3. The Hall–Kier alpha value is -1.88. The van der Waals surface area contributed by atoms with Crippen molar-refractivity contribution in [1.82, 2.24) is 4.90 Å². The van der Waals surface area contributed by atoms with Crippen molar-refractivity contribution in [2.75, 3.05) is 25.0 Å². The standard InChI is InChI=1S/C12H15N3O2/c1-14-7-12(17)15(8-11(14)16)10-4-2-9(6-13)3-5-10/h2-5H,6-8,13H2,1H3. The van der Waals surface area contributed by atoms with Crippen molar-refractivity contribution in [3.05, 3.63) is 29.8 Å². The smallest absolute Gasteiger partial charge is 0.247 e. The van der Waals surface area contributed by atoms with E-state index in [1.807, 2.05) is 24.3 Å². The fourth-order valence-corrected chi connectivity index (χ4v) is 1.77. The van der Waals surface area contributed by atoms with Crippen molar-refractivity contribution in [1.29, 1.82) is 0 Å². The lowest BCUT2D eigenvalue weighted by Gasteiger charge is -2.31. The lowest BCUT2D eigenvalue weighted by molar-refractivity contribution is -0.136. The summed E-state index contributed by atoms with van der Waals surface area (Å²) in [6.07, 6.45) is 0. The lowest BCUT2D eigenvalue weighted by Crippen LogP contribution is -2.52. The predicted octanol–water partition coefficient (Wildman–Crippen LogP) is -0.0497. The maximum absolute atomic E-state index is 11.8. The number of nitrogens with zero attached hydrogens (tertiary/aromatic N) is 2. The van der Waals surface area contributed by atoms with Gasteiger partial charge in [0, 0.05) is 19.3 Å². The number of likely N-dealkylation sites (N-methyl/N-ethyl adjacent to an activating group) is 1. The van der Waals surface area contributed by atoms with Gasteiger partial charge in [-0.2, -0.15) is 0 Å². The van der Waals surface area contributed by atoms with Crippen LogP contribution in [0.5, 0.6) is 0 Å². The van der Waals surface area contributed by atoms with Gasteiger partial charge >= 0.3 is 0 Å². The van der Waals surface area contributed by atoms with E-state index in [-0.39, 0.29) is 24.9 Å². The number of hydrogen-bond acceptors (Lipinski definition) is 3. The predicted molar refractivity (Wildman–Crippen MR) is 64.3 cm³/mol. The Morgan fingerprint density at radius 2 is 1.76 bits per heavy atom. The molecule has 0 aromatic heterocycles. The van der Waals surface area contributed by atoms with Gasteiger partial charge in [-0.15, -0.1) is 0 Å². The summed E-state index contributed by atoms with van der Waals surface area (Å²) in [5.74, 6) is -0.111. The zero-order valence-electron chi connectivity index (χ0n) is 9.72. The molecule has 0 aliphatic carbocycles. The summed E-state index contributed by atoms with van der Waals surface area (Å²) < 4.78 is 0. The molecule has 0 bridgehead atoms. The van der Waals surface area contributed by atoms with Crippen LogP contribution < -0.4 is 10.6 Å². The topological polar surface area (TPSA) is 66.6 Å². The van der Waals surface area contributed by atoms with E-state index in [1.165, 1.54) is 9.80 Å². The van der Waals surface area contributed by atoms with E-state index in [2.05, 4.69) is 0 Å². The van der Waals surface area contributed by atoms with Crippen LogP contribution in [0.2, 0.25) is 0 Å². The normalized spacial score (nSPS) is 16.6. The highest BCUT2D eigenvalue weighted by molar-refractivity contribution is 6.04. The molecule has 0 spiro atoms. The average molecular weight is 233 g/mol. The molecule has 1 aromatic carbocycles. The molecule has 2 N–H and O–H groups in total. The quantitative estimate of drug-likeness (QED) is 0.778. The van der Waals surface area contributed by atoms with E-state index in [0.717, 1.165) is 11.3 Å². The molecule has 1 aliphatic heterocycles. The van der Waals surface area contributed by atoms with E-state index in [4.69, 9.17) is 5.73 Å². The molecule has 2 rings (SSSR count). The summed E-state index contributed by atoms with van der Waals surface area (Å²) in [6, 6.07) is 7.37. The molecule has 0 radical (unpaired) electrons. The van der Waals surface area contributed by atoms with E-state index >= 15 is 0 Å². The molecular weight excluding hydrogens is 218 g/mol. The Morgan fingerprint density at radius 3 is 2.35 bits per heavy atom. The first-order valence-electron chi connectivity index (χ1n) is 5.45. The molecule has 17 heavy (non-hydrogen) atoms. The minimum atomic E-state index is -0.0624. The van der Waals surface area contributed by atoms with Crippen LogP contribution in [0.4, 0.5) is 5.69 Å². The van der Waals surface area contributed by atoms with Gasteiger partial charge < -0.3 is 15.5 Å². The number of rotatable bonds is 2. The van der Waals surface area contributed by atoms with E-state index in [1.54, 1.807) is 7.05 Å². The van der Waals surface area contributed by atoms with Gasteiger partial charge in [-0.3, -0.25) is 9.59 Å². The van der Waals surface area contributed by atoms with Gasteiger partial charge in [-0.1, -0.05) is 12.1 Å². The molecular formula is C12H15N3O2. The fraction of sp³-hybridized carbons (Fsp3) is 0.333. The lowest BCUT2D eigenvalue weighted by atomic mass is 10.2. The van der Waals surface area contributed by atoms with Crippen molar-refractivity contribution >= 4 is 17.5 Å². The van der Waals surface area contributed by atoms with E-state index < -0.39 is 0 Å². The zero-order valence-corrected chi connectivity index (χ0v) is 9.72. The van der Waals surface area contributed by atoms with Gasteiger partial charge in [0.05, 0.1) is 6.54 Å². The van der Waals surface area contributed by atoms with Gasteiger partial charge in [0.2, 0.25) is 11.8 Å². The number of carbonyl (C=O) groups is 2. The van der Waals surface area contributed by atoms with Crippen LogP contribution in [0.1, 0.15) is 5.56 Å². The highest BCUT2D eigenvalue weighted by Crippen LogP contribution is 2.18. The molecule has 1 fully saturated rings. The monoisotopic (exact) mass is 233 g/mol. The molecule has 1 aromatic rings. The molecule has 1 saturated heterocycles. The van der Waals surface area contributed by atoms with E-state index in [0.29, 0.717) is 6.54 Å². The summed E-state index contributed by atoms with van der Waals surface area (Å²) in [5, 5.41) is 0. The zero-order chi connectivity index (χ0) is 12.4. The summed E-state index contributed by atoms with van der Waals surface area (Å²) in [6.45, 7) is 0.713. The van der Waals surface area contributed by atoms with Gasteiger partial charge in [0.1, 0.15) is 6.54 Å². The highest BCUT2D eigenvalue weighted by Gasteiger charge is 2.28. The third-order valence-corrected chi connectivity index (χ3v) is 2.88. The molecule has 0 saturated carbocycles. The third kappa shape index (κ3) is 2.29. The summed E-state index contributed by atoms with van der Waals surface area (Å²) in [7, 11) is 1.63. The van der Waals surface area contributed by atoms with Gasteiger partial charge in [-0.25, -0.2) is 0 Å². The van der Waals surface area contributed by atoms with Crippen molar-refractivity contribution in [3.8, 4) is 0 Å². The Bertz CT molecular complexity index is 442. The largest absolute Gasteiger partial charge is 0.335 e. The maximum Gasteiger partial charge on any atom is 0.247 e. The van der Waals surface area contributed by atoms with Crippen molar-refractivity contribution < 1.29 is 9.59 Å². The number of piperazine rings is 1. The van der Waals surface area contributed by atoms with Crippen molar-refractivity contribution in [2.45, 2.75) is 6.54 Å². The highest BCUT2D eigenvalue weighted by atomic mass is 16.2. The van der Waals surface area contributed by atoms with E-state index in [9.17, 15) is 9.59 Å². The van der Waals surface area contributed by atoms with Gasteiger partial charge in [-0.05, 0) is 17.7 Å². The number of nitrogens with two attached hydrogens (primary N) is 1.